The maximum absolute atomic E-state index is 12.5. The predicted octanol–water partition coefficient (Wildman–Crippen LogP) is 1.95. The van der Waals surface area contributed by atoms with Crippen molar-refractivity contribution in [3.8, 4) is 5.75 Å². The average Bonchev–Trinajstić information content (AvgIpc) is 2.86. The Hall–Kier alpha value is -1.55. The molecule has 0 N–H and O–H groups in total. The topological polar surface area (TPSA) is 38.8 Å². The average molecular weight is 249 g/mol. The number of para-hydroxylation sites is 1. The molecule has 0 aliphatic carbocycles. The molecule has 0 spiro atoms. The van der Waals surface area contributed by atoms with E-state index in [-0.39, 0.29) is 11.9 Å². The van der Waals surface area contributed by atoms with Gasteiger partial charge in [-0.2, -0.15) is 0 Å². The van der Waals surface area contributed by atoms with Gasteiger partial charge in [-0.25, -0.2) is 0 Å². The molecule has 1 unspecified atom stereocenters. The number of ether oxygens (including phenoxy) is 2. The number of amides is 1. The fraction of sp³-hybridized carbons (Fsp3) is 0.500. The van der Waals surface area contributed by atoms with Crippen molar-refractivity contribution in [1.29, 1.82) is 0 Å². The van der Waals surface area contributed by atoms with E-state index in [4.69, 9.17) is 9.47 Å². The van der Waals surface area contributed by atoms with Crippen LogP contribution in [0.3, 0.4) is 0 Å². The van der Waals surface area contributed by atoms with Gasteiger partial charge in [0.25, 0.3) is 5.91 Å². The molecule has 1 aromatic carbocycles. The molecule has 0 bridgehead atoms. The standard InChI is InChI=1S/C14H19NO3/c1-17-10-11-6-5-9-15(11)14(16)12-7-3-4-8-13(12)18-2/h3-4,7-8,11H,5-6,9-10H2,1-2H3. The van der Waals surface area contributed by atoms with Crippen LogP contribution < -0.4 is 4.74 Å². The first-order chi connectivity index (χ1) is 8.77. The Morgan fingerprint density at radius 1 is 1.39 bits per heavy atom. The van der Waals surface area contributed by atoms with Gasteiger partial charge in [0.15, 0.2) is 0 Å². The fourth-order valence-corrected chi connectivity index (χ4v) is 2.44. The van der Waals surface area contributed by atoms with Crippen molar-refractivity contribution in [2.75, 3.05) is 27.4 Å². The summed E-state index contributed by atoms with van der Waals surface area (Å²) < 4.78 is 10.4. The first kappa shape index (κ1) is 12.9. The molecule has 0 aromatic heterocycles. The van der Waals surface area contributed by atoms with Gasteiger partial charge in [-0.3, -0.25) is 4.79 Å². The highest BCUT2D eigenvalue weighted by molar-refractivity contribution is 5.97. The molecule has 0 radical (unpaired) electrons. The van der Waals surface area contributed by atoms with Crippen molar-refractivity contribution < 1.29 is 14.3 Å². The lowest BCUT2D eigenvalue weighted by Crippen LogP contribution is -2.38. The summed E-state index contributed by atoms with van der Waals surface area (Å²) in [6.07, 6.45) is 2.05. The number of benzene rings is 1. The van der Waals surface area contributed by atoms with Gasteiger partial charge in [0.1, 0.15) is 5.75 Å². The zero-order chi connectivity index (χ0) is 13.0. The molecule has 1 amide bonds. The van der Waals surface area contributed by atoms with E-state index in [2.05, 4.69) is 0 Å². The van der Waals surface area contributed by atoms with Crippen molar-refractivity contribution in [2.24, 2.45) is 0 Å². The second-order valence-corrected chi connectivity index (χ2v) is 4.45. The van der Waals surface area contributed by atoms with Gasteiger partial charge in [-0.15, -0.1) is 0 Å². The Morgan fingerprint density at radius 3 is 2.89 bits per heavy atom. The Bertz CT molecular complexity index is 419. The van der Waals surface area contributed by atoms with Gasteiger partial charge in [-0.05, 0) is 25.0 Å². The summed E-state index contributed by atoms with van der Waals surface area (Å²) in [5, 5.41) is 0. The predicted molar refractivity (Wildman–Crippen MR) is 68.9 cm³/mol. The van der Waals surface area contributed by atoms with Crippen LogP contribution in [-0.4, -0.2) is 44.2 Å². The van der Waals surface area contributed by atoms with E-state index in [1.165, 1.54) is 0 Å². The fourth-order valence-electron chi connectivity index (χ4n) is 2.44. The molecule has 1 heterocycles. The molecule has 2 rings (SSSR count). The van der Waals surface area contributed by atoms with Crippen LogP contribution >= 0.6 is 0 Å². The summed E-state index contributed by atoms with van der Waals surface area (Å²) in [5.41, 5.74) is 0.628. The van der Waals surface area contributed by atoms with Crippen molar-refractivity contribution in [3.05, 3.63) is 29.8 Å². The number of hydrogen-bond donors (Lipinski definition) is 0. The zero-order valence-electron chi connectivity index (χ0n) is 10.9. The molecule has 0 saturated carbocycles. The van der Waals surface area contributed by atoms with E-state index in [0.717, 1.165) is 19.4 Å². The minimum atomic E-state index is 0.0343. The third kappa shape index (κ3) is 2.48. The van der Waals surface area contributed by atoms with Gasteiger partial charge >= 0.3 is 0 Å². The molecule has 1 aliphatic rings. The van der Waals surface area contributed by atoms with Gasteiger partial charge in [-0.1, -0.05) is 12.1 Å². The third-order valence-corrected chi connectivity index (χ3v) is 3.33. The largest absolute Gasteiger partial charge is 0.496 e. The smallest absolute Gasteiger partial charge is 0.257 e. The molecule has 1 fully saturated rings. The number of rotatable bonds is 4. The van der Waals surface area contributed by atoms with Crippen LogP contribution in [-0.2, 0) is 4.74 Å². The number of hydrogen-bond acceptors (Lipinski definition) is 3. The number of carbonyl (C=O) groups excluding carboxylic acids is 1. The highest BCUT2D eigenvalue weighted by atomic mass is 16.5. The van der Waals surface area contributed by atoms with Crippen molar-refractivity contribution in [3.63, 3.8) is 0 Å². The van der Waals surface area contributed by atoms with Gasteiger partial charge in [0.05, 0.1) is 25.3 Å². The second kappa shape index (κ2) is 5.87. The van der Waals surface area contributed by atoms with Crippen LogP contribution in [0.5, 0.6) is 5.75 Å². The van der Waals surface area contributed by atoms with E-state index < -0.39 is 0 Å². The third-order valence-electron chi connectivity index (χ3n) is 3.33. The SMILES string of the molecule is COCC1CCCN1C(=O)c1ccccc1OC. The number of nitrogens with zero attached hydrogens (tertiary/aromatic N) is 1. The molecule has 4 nitrogen and oxygen atoms in total. The summed E-state index contributed by atoms with van der Waals surface area (Å²) in [6.45, 7) is 1.39. The number of methoxy groups -OCH3 is 2. The zero-order valence-corrected chi connectivity index (χ0v) is 10.9. The minimum absolute atomic E-state index is 0.0343. The second-order valence-electron chi connectivity index (χ2n) is 4.45. The summed E-state index contributed by atoms with van der Waals surface area (Å²) in [7, 11) is 3.26. The molecule has 1 atom stereocenters. The minimum Gasteiger partial charge on any atom is -0.496 e. The van der Waals surface area contributed by atoms with Gasteiger partial charge < -0.3 is 14.4 Å². The number of carbonyl (C=O) groups is 1. The van der Waals surface area contributed by atoms with Crippen molar-refractivity contribution >= 4 is 5.91 Å². The molecular weight excluding hydrogens is 230 g/mol. The van der Waals surface area contributed by atoms with Crippen molar-refractivity contribution in [2.45, 2.75) is 18.9 Å². The molecule has 98 valence electrons. The molecule has 1 saturated heterocycles. The van der Waals surface area contributed by atoms with E-state index in [9.17, 15) is 4.79 Å². The molecule has 4 heteroatoms. The lowest BCUT2D eigenvalue weighted by molar-refractivity contribution is 0.0627. The van der Waals surface area contributed by atoms with Gasteiger partial charge in [0, 0.05) is 13.7 Å². The highest BCUT2D eigenvalue weighted by Crippen LogP contribution is 2.24. The van der Waals surface area contributed by atoms with Gasteiger partial charge in [0.2, 0.25) is 0 Å². The van der Waals surface area contributed by atoms with Crippen molar-refractivity contribution in [1.82, 2.24) is 4.90 Å². The summed E-state index contributed by atoms with van der Waals surface area (Å²) in [5.74, 6) is 0.664. The van der Waals surface area contributed by atoms with Crippen LogP contribution in [0, 0.1) is 0 Å². The Balaban J connectivity index is 2.20. The lowest BCUT2D eigenvalue weighted by Gasteiger charge is -2.24. The van der Waals surface area contributed by atoms with Crippen LogP contribution in [0.25, 0.3) is 0 Å². The van der Waals surface area contributed by atoms with E-state index in [1.807, 2.05) is 29.2 Å². The molecule has 18 heavy (non-hydrogen) atoms. The maximum Gasteiger partial charge on any atom is 0.257 e. The van der Waals surface area contributed by atoms with E-state index >= 15 is 0 Å². The van der Waals surface area contributed by atoms with Crippen LogP contribution in [0.15, 0.2) is 24.3 Å². The van der Waals surface area contributed by atoms with Crippen LogP contribution in [0.2, 0.25) is 0 Å². The summed E-state index contributed by atoms with van der Waals surface area (Å²) >= 11 is 0. The first-order valence-corrected chi connectivity index (χ1v) is 6.21. The molecule has 1 aromatic rings. The Labute approximate surface area is 107 Å². The van der Waals surface area contributed by atoms with E-state index in [1.54, 1.807) is 14.2 Å². The van der Waals surface area contributed by atoms with Crippen LogP contribution in [0.1, 0.15) is 23.2 Å². The number of likely N-dealkylation sites (tertiary alicyclic amines) is 1. The first-order valence-electron chi connectivity index (χ1n) is 6.21. The van der Waals surface area contributed by atoms with E-state index in [0.29, 0.717) is 17.9 Å². The normalized spacial score (nSPS) is 19.0. The Morgan fingerprint density at radius 2 is 2.17 bits per heavy atom. The monoisotopic (exact) mass is 249 g/mol. The lowest BCUT2D eigenvalue weighted by atomic mass is 10.1. The highest BCUT2D eigenvalue weighted by Gasteiger charge is 2.30. The molecule has 1 aliphatic heterocycles. The summed E-state index contributed by atoms with van der Waals surface area (Å²) in [6, 6.07) is 7.54. The summed E-state index contributed by atoms with van der Waals surface area (Å²) in [4.78, 5) is 14.4. The quantitative estimate of drug-likeness (QED) is 0.818. The Kier molecular flexibility index (Phi) is 4.20. The maximum atomic E-state index is 12.5. The van der Waals surface area contributed by atoms with Crippen LogP contribution in [0.4, 0.5) is 0 Å². The molecular formula is C14H19NO3.